The first-order chi connectivity index (χ1) is 11.6. The van der Waals surface area contributed by atoms with Gasteiger partial charge in [0.2, 0.25) is 0 Å². The maximum atomic E-state index is 12.5. The predicted octanol–water partition coefficient (Wildman–Crippen LogP) is 2.13. The van der Waals surface area contributed by atoms with Crippen molar-refractivity contribution in [3.05, 3.63) is 70.4 Å². The number of nitrogens with one attached hydrogen (secondary N) is 2. The van der Waals surface area contributed by atoms with Gasteiger partial charge in [0.15, 0.2) is 11.1 Å². The van der Waals surface area contributed by atoms with Crippen LogP contribution < -0.4 is 10.7 Å². The molecule has 0 saturated carbocycles. The van der Waals surface area contributed by atoms with Gasteiger partial charge in [-0.25, -0.2) is 9.50 Å². The average molecular weight is 319 g/mol. The first-order valence-electron chi connectivity index (χ1n) is 7.35. The third-order valence-corrected chi connectivity index (χ3v) is 3.78. The van der Waals surface area contributed by atoms with Crippen LogP contribution >= 0.6 is 0 Å². The van der Waals surface area contributed by atoms with Crippen LogP contribution in [0, 0.1) is 6.92 Å². The van der Waals surface area contributed by atoms with Crippen LogP contribution in [0.5, 0.6) is 0 Å². The van der Waals surface area contributed by atoms with Crippen LogP contribution in [0.25, 0.3) is 16.6 Å². The highest BCUT2D eigenvalue weighted by Gasteiger charge is 2.12. The van der Waals surface area contributed by atoms with Gasteiger partial charge >= 0.3 is 0 Å². The Hall–Kier alpha value is -3.48. The Labute approximate surface area is 136 Å². The van der Waals surface area contributed by atoms with Gasteiger partial charge in [-0.3, -0.25) is 9.59 Å². The molecule has 2 N–H and O–H groups in total. The van der Waals surface area contributed by atoms with Gasteiger partial charge < -0.3 is 10.3 Å². The molecule has 0 bridgehead atoms. The third-order valence-electron chi connectivity index (χ3n) is 3.78. The second-order valence-electron chi connectivity index (χ2n) is 5.45. The number of aryl methyl sites for hydroxylation is 1. The summed E-state index contributed by atoms with van der Waals surface area (Å²) in [4.78, 5) is 31.6. The third kappa shape index (κ3) is 2.32. The lowest BCUT2D eigenvalue weighted by atomic mass is 10.1. The molecule has 0 aliphatic heterocycles. The minimum atomic E-state index is -0.292. The van der Waals surface area contributed by atoms with Crippen LogP contribution in [0.4, 0.5) is 5.69 Å². The SMILES string of the molecule is Cc1ccn2ncc(NC(=O)c3ccc4c(=O)cc[nH]c4c3)c2n1. The summed E-state index contributed by atoms with van der Waals surface area (Å²) in [5.41, 5.74) is 2.92. The molecular formula is C17H13N5O2. The smallest absolute Gasteiger partial charge is 0.255 e. The maximum absolute atomic E-state index is 12.5. The maximum Gasteiger partial charge on any atom is 0.255 e. The molecule has 1 aromatic carbocycles. The number of amides is 1. The van der Waals surface area contributed by atoms with Crippen LogP contribution in [0.2, 0.25) is 0 Å². The Morgan fingerprint density at radius 3 is 3.00 bits per heavy atom. The fourth-order valence-electron chi connectivity index (χ4n) is 2.56. The molecule has 118 valence electrons. The number of hydrogen-bond donors (Lipinski definition) is 2. The molecule has 1 amide bonds. The number of carbonyl (C=O) groups is 1. The van der Waals surface area contributed by atoms with E-state index >= 15 is 0 Å². The van der Waals surface area contributed by atoms with Crippen LogP contribution in [0.3, 0.4) is 0 Å². The topological polar surface area (TPSA) is 92.1 Å². The van der Waals surface area contributed by atoms with E-state index in [-0.39, 0.29) is 11.3 Å². The van der Waals surface area contributed by atoms with E-state index in [1.807, 2.05) is 13.0 Å². The molecule has 0 spiro atoms. The van der Waals surface area contributed by atoms with E-state index in [4.69, 9.17) is 0 Å². The fraction of sp³-hybridized carbons (Fsp3) is 0.0588. The highest BCUT2D eigenvalue weighted by Crippen LogP contribution is 2.17. The zero-order valence-corrected chi connectivity index (χ0v) is 12.8. The van der Waals surface area contributed by atoms with E-state index in [9.17, 15) is 9.59 Å². The molecule has 0 aliphatic carbocycles. The van der Waals surface area contributed by atoms with Gasteiger partial charge in [0.1, 0.15) is 5.69 Å². The van der Waals surface area contributed by atoms with Gasteiger partial charge in [0, 0.05) is 35.1 Å². The molecule has 0 radical (unpaired) electrons. The lowest BCUT2D eigenvalue weighted by Crippen LogP contribution is -2.12. The van der Waals surface area contributed by atoms with Gasteiger partial charge in [0.25, 0.3) is 5.91 Å². The van der Waals surface area contributed by atoms with E-state index in [2.05, 4.69) is 20.4 Å². The normalized spacial score (nSPS) is 11.0. The molecule has 0 aliphatic rings. The second kappa shape index (κ2) is 5.31. The zero-order chi connectivity index (χ0) is 16.7. The van der Waals surface area contributed by atoms with Crippen LogP contribution in [0.15, 0.2) is 53.7 Å². The van der Waals surface area contributed by atoms with Gasteiger partial charge in [-0.15, -0.1) is 0 Å². The number of anilines is 1. The molecule has 4 aromatic rings. The van der Waals surface area contributed by atoms with E-state index in [0.717, 1.165) is 5.69 Å². The molecule has 0 unspecified atom stereocenters. The Bertz CT molecular complexity index is 1140. The lowest BCUT2D eigenvalue weighted by molar-refractivity contribution is 0.102. The number of rotatable bonds is 2. The van der Waals surface area contributed by atoms with Crippen LogP contribution in [-0.2, 0) is 0 Å². The Morgan fingerprint density at radius 1 is 1.25 bits per heavy atom. The summed E-state index contributed by atoms with van der Waals surface area (Å²) in [6, 6.07) is 8.20. The van der Waals surface area contributed by atoms with Gasteiger partial charge in [-0.1, -0.05) is 0 Å². The van der Waals surface area contributed by atoms with Crippen molar-refractivity contribution in [2.24, 2.45) is 0 Å². The summed E-state index contributed by atoms with van der Waals surface area (Å²) in [5, 5.41) is 7.51. The first kappa shape index (κ1) is 14.1. The highest BCUT2D eigenvalue weighted by molar-refractivity contribution is 6.07. The Kier molecular flexibility index (Phi) is 3.13. The summed E-state index contributed by atoms with van der Waals surface area (Å²) in [6.45, 7) is 1.87. The molecule has 0 saturated heterocycles. The van der Waals surface area contributed by atoms with E-state index in [1.54, 1.807) is 41.3 Å². The lowest BCUT2D eigenvalue weighted by Gasteiger charge is -2.05. The van der Waals surface area contributed by atoms with E-state index < -0.39 is 0 Å². The summed E-state index contributed by atoms with van der Waals surface area (Å²) < 4.78 is 1.60. The van der Waals surface area contributed by atoms with Crippen LogP contribution in [-0.4, -0.2) is 25.5 Å². The summed E-state index contributed by atoms with van der Waals surface area (Å²) >= 11 is 0. The quantitative estimate of drug-likeness (QED) is 0.592. The van der Waals surface area contributed by atoms with Crippen molar-refractivity contribution in [2.45, 2.75) is 6.92 Å². The molecular weight excluding hydrogens is 306 g/mol. The number of nitrogens with zero attached hydrogens (tertiary/aromatic N) is 3. The van der Waals surface area contributed by atoms with Crippen molar-refractivity contribution in [1.29, 1.82) is 0 Å². The van der Waals surface area contributed by atoms with Gasteiger partial charge in [-0.2, -0.15) is 5.10 Å². The van der Waals surface area contributed by atoms with Crippen molar-refractivity contribution < 1.29 is 4.79 Å². The molecule has 24 heavy (non-hydrogen) atoms. The van der Waals surface area contributed by atoms with Crippen molar-refractivity contribution in [2.75, 3.05) is 5.32 Å². The number of benzene rings is 1. The Balaban J connectivity index is 1.71. The molecule has 7 heteroatoms. The van der Waals surface area contributed by atoms with Crippen molar-refractivity contribution in [3.63, 3.8) is 0 Å². The molecule has 7 nitrogen and oxygen atoms in total. The number of aromatic amines is 1. The second-order valence-corrected chi connectivity index (χ2v) is 5.45. The molecule has 3 aromatic heterocycles. The number of H-pyrrole nitrogens is 1. The minimum absolute atomic E-state index is 0.0852. The van der Waals surface area contributed by atoms with Crippen molar-refractivity contribution in [1.82, 2.24) is 19.6 Å². The van der Waals surface area contributed by atoms with Crippen LogP contribution in [0.1, 0.15) is 16.1 Å². The Morgan fingerprint density at radius 2 is 2.12 bits per heavy atom. The molecule has 0 fully saturated rings. The highest BCUT2D eigenvalue weighted by atomic mass is 16.1. The first-order valence-corrected chi connectivity index (χ1v) is 7.35. The van der Waals surface area contributed by atoms with E-state index in [0.29, 0.717) is 27.8 Å². The fourth-order valence-corrected chi connectivity index (χ4v) is 2.56. The standard InChI is InChI=1S/C17H13N5O2/c1-10-5-7-22-16(20-10)14(9-19-22)21-17(24)11-2-3-12-13(8-11)18-6-4-15(12)23/h2-9H,1H3,(H,18,23)(H,21,24). The summed E-state index contributed by atoms with van der Waals surface area (Å²) in [7, 11) is 0. The largest absolute Gasteiger partial charge is 0.361 e. The monoisotopic (exact) mass is 319 g/mol. The zero-order valence-electron chi connectivity index (χ0n) is 12.8. The molecule has 4 rings (SSSR count). The predicted molar refractivity (Wildman–Crippen MR) is 90.2 cm³/mol. The molecule has 3 heterocycles. The van der Waals surface area contributed by atoms with E-state index in [1.165, 1.54) is 6.07 Å². The average Bonchev–Trinajstić information content (AvgIpc) is 2.97. The minimum Gasteiger partial charge on any atom is -0.361 e. The summed E-state index contributed by atoms with van der Waals surface area (Å²) in [6.07, 6.45) is 4.90. The van der Waals surface area contributed by atoms with Gasteiger partial charge in [0.05, 0.1) is 11.7 Å². The molecule has 0 atom stereocenters. The van der Waals surface area contributed by atoms with Crippen molar-refractivity contribution in [3.8, 4) is 0 Å². The van der Waals surface area contributed by atoms with Gasteiger partial charge in [-0.05, 0) is 31.2 Å². The number of pyridine rings is 1. The number of carbonyl (C=O) groups excluding carboxylic acids is 1. The summed E-state index contributed by atoms with van der Waals surface area (Å²) in [5.74, 6) is -0.292. The van der Waals surface area contributed by atoms with Crippen molar-refractivity contribution >= 4 is 28.1 Å². The number of fused-ring (bicyclic) bond motifs is 2. The number of aromatic nitrogens is 4. The number of hydrogen-bond acceptors (Lipinski definition) is 4.